The van der Waals surface area contributed by atoms with E-state index in [-0.39, 0.29) is 10.8 Å². The van der Waals surface area contributed by atoms with E-state index in [2.05, 4.69) is 10.6 Å². The zero-order chi connectivity index (χ0) is 14.6. The molecule has 5 nitrogen and oxygen atoms in total. The molecule has 1 unspecified atom stereocenters. The topological polar surface area (TPSA) is 75.3 Å². The minimum Gasteiger partial charge on any atom is -0.352 e. The number of benzene rings is 1. The third-order valence-electron chi connectivity index (χ3n) is 3.52. The van der Waals surface area contributed by atoms with Crippen LogP contribution in [0.5, 0.6) is 0 Å². The van der Waals surface area contributed by atoms with Gasteiger partial charge in [0.25, 0.3) is 5.91 Å². The summed E-state index contributed by atoms with van der Waals surface area (Å²) in [6, 6.07) is 6.13. The molecule has 1 aromatic rings. The first-order chi connectivity index (χ1) is 9.47. The smallest absolute Gasteiger partial charge is 0.251 e. The molecule has 1 aromatic carbocycles. The quantitative estimate of drug-likeness (QED) is 0.843. The molecule has 110 valence electrons. The summed E-state index contributed by atoms with van der Waals surface area (Å²) >= 11 is 0. The van der Waals surface area contributed by atoms with Crippen LogP contribution in [0.25, 0.3) is 0 Å². The standard InChI is InChI=1S/C14H20N2O3S/c1-20(18,19)13-4-2-3-12(9-13)14(17)16-8-6-11-5-7-15-10-11/h2-4,9,11,15H,5-8,10H2,1H3,(H,16,17). The number of carbonyl (C=O) groups is 1. The molecule has 0 aliphatic carbocycles. The van der Waals surface area contributed by atoms with Gasteiger partial charge in [0.05, 0.1) is 4.90 Å². The number of hydrogen-bond donors (Lipinski definition) is 2. The Morgan fingerprint density at radius 1 is 1.45 bits per heavy atom. The Hall–Kier alpha value is -1.40. The van der Waals surface area contributed by atoms with Gasteiger partial charge in [0.2, 0.25) is 0 Å². The van der Waals surface area contributed by atoms with Crippen LogP contribution < -0.4 is 10.6 Å². The van der Waals surface area contributed by atoms with Crippen molar-refractivity contribution in [3.05, 3.63) is 29.8 Å². The molecule has 1 heterocycles. The Morgan fingerprint density at radius 2 is 2.25 bits per heavy atom. The predicted molar refractivity (Wildman–Crippen MR) is 77.5 cm³/mol. The van der Waals surface area contributed by atoms with E-state index >= 15 is 0 Å². The van der Waals surface area contributed by atoms with Crippen molar-refractivity contribution in [2.24, 2.45) is 5.92 Å². The monoisotopic (exact) mass is 296 g/mol. The molecular weight excluding hydrogens is 276 g/mol. The lowest BCUT2D eigenvalue weighted by molar-refractivity contribution is 0.0951. The molecule has 1 amide bonds. The van der Waals surface area contributed by atoms with Crippen molar-refractivity contribution in [1.82, 2.24) is 10.6 Å². The summed E-state index contributed by atoms with van der Waals surface area (Å²) in [6.45, 7) is 2.68. The van der Waals surface area contributed by atoms with Gasteiger partial charge in [0.1, 0.15) is 0 Å². The Labute approximate surface area is 119 Å². The van der Waals surface area contributed by atoms with Gasteiger partial charge in [-0.2, -0.15) is 0 Å². The van der Waals surface area contributed by atoms with E-state index in [0.717, 1.165) is 32.2 Å². The fourth-order valence-electron chi connectivity index (χ4n) is 2.32. The van der Waals surface area contributed by atoms with Crippen molar-refractivity contribution in [3.63, 3.8) is 0 Å². The van der Waals surface area contributed by atoms with Crippen molar-refractivity contribution in [3.8, 4) is 0 Å². The van der Waals surface area contributed by atoms with E-state index < -0.39 is 9.84 Å². The Balaban J connectivity index is 1.92. The fourth-order valence-corrected chi connectivity index (χ4v) is 2.99. The summed E-state index contributed by atoms with van der Waals surface area (Å²) < 4.78 is 22.9. The molecule has 6 heteroatoms. The third-order valence-corrected chi connectivity index (χ3v) is 4.64. The highest BCUT2D eigenvalue weighted by Crippen LogP contribution is 2.13. The molecule has 20 heavy (non-hydrogen) atoms. The minimum atomic E-state index is -3.28. The van der Waals surface area contributed by atoms with Crippen molar-refractivity contribution in [2.75, 3.05) is 25.9 Å². The maximum Gasteiger partial charge on any atom is 0.251 e. The molecule has 2 N–H and O–H groups in total. The summed E-state index contributed by atoms with van der Waals surface area (Å²) in [4.78, 5) is 12.1. The number of amides is 1. The second kappa shape index (κ2) is 6.37. The molecule has 0 radical (unpaired) electrons. The highest BCUT2D eigenvalue weighted by molar-refractivity contribution is 7.90. The predicted octanol–water partition coefficient (Wildman–Crippen LogP) is 0.820. The first-order valence-electron chi connectivity index (χ1n) is 6.76. The van der Waals surface area contributed by atoms with Gasteiger partial charge in [0.15, 0.2) is 9.84 Å². The lowest BCUT2D eigenvalue weighted by Crippen LogP contribution is -2.26. The summed E-state index contributed by atoms with van der Waals surface area (Å²) in [5.41, 5.74) is 0.387. The first kappa shape index (κ1) is 15.0. The maximum absolute atomic E-state index is 12.0. The van der Waals surface area contributed by atoms with Gasteiger partial charge in [-0.05, 0) is 50.0 Å². The van der Waals surface area contributed by atoms with Gasteiger partial charge in [-0.15, -0.1) is 0 Å². The van der Waals surface area contributed by atoms with Crippen LogP contribution in [0.3, 0.4) is 0 Å². The van der Waals surface area contributed by atoms with Crippen LogP contribution in [0.1, 0.15) is 23.2 Å². The van der Waals surface area contributed by atoms with Crippen molar-refractivity contribution in [2.45, 2.75) is 17.7 Å². The average Bonchev–Trinajstić information content (AvgIpc) is 2.91. The molecule has 0 aromatic heterocycles. The van der Waals surface area contributed by atoms with Crippen LogP contribution in [-0.2, 0) is 9.84 Å². The van der Waals surface area contributed by atoms with Gasteiger partial charge in [-0.25, -0.2) is 8.42 Å². The molecule has 1 atom stereocenters. The maximum atomic E-state index is 12.0. The first-order valence-corrected chi connectivity index (χ1v) is 8.65. The van der Waals surface area contributed by atoms with E-state index in [1.54, 1.807) is 12.1 Å². The number of sulfone groups is 1. The van der Waals surface area contributed by atoms with Crippen molar-refractivity contribution >= 4 is 15.7 Å². The molecule has 2 rings (SSSR count). The molecule has 0 bridgehead atoms. The summed E-state index contributed by atoms with van der Waals surface area (Å²) in [5.74, 6) is 0.402. The lowest BCUT2D eigenvalue weighted by Gasteiger charge is -2.09. The van der Waals surface area contributed by atoms with Gasteiger partial charge < -0.3 is 10.6 Å². The zero-order valence-corrected chi connectivity index (χ0v) is 12.4. The second-order valence-electron chi connectivity index (χ2n) is 5.20. The highest BCUT2D eigenvalue weighted by Gasteiger charge is 2.15. The fraction of sp³-hybridized carbons (Fsp3) is 0.500. The summed E-state index contributed by atoms with van der Waals surface area (Å²) in [7, 11) is -3.28. The van der Waals surface area contributed by atoms with Crippen LogP contribution in [-0.4, -0.2) is 40.2 Å². The second-order valence-corrected chi connectivity index (χ2v) is 7.22. The normalized spacial score (nSPS) is 18.9. The molecule has 1 saturated heterocycles. The summed E-state index contributed by atoms with van der Waals surface area (Å²) in [6.07, 6.45) is 3.24. The highest BCUT2D eigenvalue weighted by atomic mass is 32.2. The summed E-state index contributed by atoms with van der Waals surface area (Å²) in [5, 5.41) is 6.13. The van der Waals surface area contributed by atoms with Gasteiger partial charge in [-0.1, -0.05) is 6.07 Å². The Morgan fingerprint density at radius 3 is 2.90 bits per heavy atom. The van der Waals surface area contributed by atoms with Crippen LogP contribution in [0, 0.1) is 5.92 Å². The molecule has 1 fully saturated rings. The number of nitrogens with one attached hydrogen (secondary N) is 2. The largest absolute Gasteiger partial charge is 0.352 e. The third kappa shape index (κ3) is 4.05. The Bertz CT molecular complexity index is 578. The van der Waals surface area contributed by atoms with Crippen LogP contribution >= 0.6 is 0 Å². The average molecular weight is 296 g/mol. The lowest BCUT2D eigenvalue weighted by atomic mass is 10.1. The van der Waals surface area contributed by atoms with Gasteiger partial charge in [-0.3, -0.25) is 4.79 Å². The van der Waals surface area contributed by atoms with Crippen molar-refractivity contribution < 1.29 is 13.2 Å². The zero-order valence-electron chi connectivity index (χ0n) is 11.6. The molecule has 1 aliphatic heterocycles. The number of rotatable bonds is 5. The van der Waals surface area contributed by atoms with Gasteiger partial charge in [0, 0.05) is 18.4 Å². The number of hydrogen-bond acceptors (Lipinski definition) is 4. The van der Waals surface area contributed by atoms with E-state index in [1.807, 2.05) is 0 Å². The molecule has 0 spiro atoms. The SMILES string of the molecule is CS(=O)(=O)c1cccc(C(=O)NCCC2CCNC2)c1. The van der Waals surface area contributed by atoms with E-state index in [0.29, 0.717) is 18.0 Å². The van der Waals surface area contributed by atoms with Crippen LogP contribution in [0.2, 0.25) is 0 Å². The molecule has 0 saturated carbocycles. The Kier molecular flexibility index (Phi) is 4.77. The number of carbonyl (C=O) groups excluding carboxylic acids is 1. The van der Waals surface area contributed by atoms with E-state index in [9.17, 15) is 13.2 Å². The van der Waals surface area contributed by atoms with Crippen LogP contribution in [0.15, 0.2) is 29.2 Å². The van der Waals surface area contributed by atoms with Crippen LogP contribution in [0.4, 0.5) is 0 Å². The van der Waals surface area contributed by atoms with E-state index in [1.165, 1.54) is 12.1 Å². The minimum absolute atomic E-state index is 0.171. The van der Waals surface area contributed by atoms with Crippen molar-refractivity contribution in [1.29, 1.82) is 0 Å². The van der Waals surface area contributed by atoms with Gasteiger partial charge >= 0.3 is 0 Å². The van der Waals surface area contributed by atoms with E-state index in [4.69, 9.17) is 0 Å². The molecule has 1 aliphatic rings. The molecular formula is C14H20N2O3S.